The Balaban J connectivity index is 2.37. The Morgan fingerprint density at radius 1 is 1.25 bits per heavy atom. The zero-order valence-corrected chi connectivity index (χ0v) is 13.2. The molecule has 0 spiro atoms. The summed E-state index contributed by atoms with van der Waals surface area (Å²) in [5.41, 5.74) is 1.94. The van der Waals surface area contributed by atoms with Gasteiger partial charge < -0.3 is 5.32 Å². The SMILES string of the molecule is CNCCc1sc(CS(C)(=O)=O)nc1-c1ccccc1. The lowest BCUT2D eigenvalue weighted by Crippen LogP contribution is -2.09. The third kappa shape index (κ3) is 4.13. The van der Waals surface area contributed by atoms with E-state index in [0.717, 1.165) is 29.1 Å². The summed E-state index contributed by atoms with van der Waals surface area (Å²) in [6.07, 6.45) is 2.09. The van der Waals surface area contributed by atoms with Crippen LogP contribution in [0.1, 0.15) is 9.88 Å². The predicted octanol–water partition coefficient (Wildman–Crippen LogP) is 2.12. The minimum Gasteiger partial charge on any atom is -0.319 e. The van der Waals surface area contributed by atoms with Gasteiger partial charge in [-0.05, 0) is 20.0 Å². The van der Waals surface area contributed by atoms with Gasteiger partial charge in [0.25, 0.3) is 0 Å². The van der Waals surface area contributed by atoms with E-state index in [1.54, 1.807) is 0 Å². The zero-order valence-electron chi connectivity index (χ0n) is 11.6. The fourth-order valence-electron chi connectivity index (χ4n) is 1.92. The molecule has 1 heterocycles. The summed E-state index contributed by atoms with van der Waals surface area (Å²) in [6.45, 7) is 0.848. The van der Waals surface area contributed by atoms with Gasteiger partial charge in [0.15, 0.2) is 9.84 Å². The number of sulfone groups is 1. The van der Waals surface area contributed by atoms with Gasteiger partial charge in [-0.25, -0.2) is 13.4 Å². The lowest BCUT2D eigenvalue weighted by Gasteiger charge is -2.01. The number of aromatic nitrogens is 1. The van der Waals surface area contributed by atoms with Crippen LogP contribution in [-0.2, 0) is 22.0 Å². The Morgan fingerprint density at radius 2 is 1.95 bits per heavy atom. The highest BCUT2D eigenvalue weighted by molar-refractivity contribution is 7.90. The van der Waals surface area contributed by atoms with E-state index in [1.165, 1.54) is 17.6 Å². The highest BCUT2D eigenvalue weighted by Gasteiger charge is 2.15. The first-order valence-electron chi connectivity index (χ1n) is 6.36. The third-order valence-corrected chi connectivity index (χ3v) is 4.87. The summed E-state index contributed by atoms with van der Waals surface area (Å²) < 4.78 is 22.9. The summed E-state index contributed by atoms with van der Waals surface area (Å²) in [7, 11) is -1.15. The fourth-order valence-corrected chi connectivity index (χ4v) is 4.19. The number of hydrogen-bond acceptors (Lipinski definition) is 5. The summed E-state index contributed by atoms with van der Waals surface area (Å²) in [5.74, 6) is 0.0110. The van der Waals surface area contributed by atoms with Crippen molar-refractivity contribution >= 4 is 21.2 Å². The van der Waals surface area contributed by atoms with Gasteiger partial charge in [-0.2, -0.15) is 0 Å². The smallest absolute Gasteiger partial charge is 0.153 e. The van der Waals surface area contributed by atoms with Crippen LogP contribution in [0.3, 0.4) is 0 Å². The molecule has 0 fully saturated rings. The molecule has 0 saturated carbocycles. The molecule has 0 amide bonds. The van der Waals surface area contributed by atoms with E-state index >= 15 is 0 Å². The molecule has 1 aromatic heterocycles. The number of likely N-dealkylation sites (N-methyl/N-ethyl adjacent to an activating group) is 1. The van der Waals surface area contributed by atoms with Crippen molar-refractivity contribution in [1.82, 2.24) is 10.3 Å². The van der Waals surface area contributed by atoms with Crippen LogP contribution >= 0.6 is 11.3 Å². The van der Waals surface area contributed by atoms with E-state index in [2.05, 4.69) is 10.3 Å². The Hall–Kier alpha value is -1.24. The van der Waals surface area contributed by atoms with Crippen molar-refractivity contribution in [2.75, 3.05) is 19.8 Å². The van der Waals surface area contributed by atoms with Crippen molar-refractivity contribution in [3.63, 3.8) is 0 Å². The molecule has 0 aliphatic rings. The van der Waals surface area contributed by atoms with Crippen molar-refractivity contribution < 1.29 is 8.42 Å². The Kier molecular flexibility index (Phi) is 4.91. The van der Waals surface area contributed by atoms with Crippen molar-refractivity contribution in [2.24, 2.45) is 0 Å². The predicted molar refractivity (Wildman–Crippen MR) is 83.7 cm³/mol. The van der Waals surface area contributed by atoms with Gasteiger partial charge in [0, 0.05) is 16.7 Å². The number of thiazole rings is 1. The summed E-state index contributed by atoms with van der Waals surface area (Å²) in [5, 5.41) is 3.78. The third-order valence-electron chi connectivity index (χ3n) is 2.78. The maximum Gasteiger partial charge on any atom is 0.153 e. The van der Waals surface area contributed by atoms with E-state index in [4.69, 9.17) is 0 Å². The quantitative estimate of drug-likeness (QED) is 0.888. The van der Waals surface area contributed by atoms with E-state index in [-0.39, 0.29) is 5.75 Å². The van der Waals surface area contributed by atoms with Crippen LogP contribution in [0.4, 0.5) is 0 Å². The normalized spacial score (nSPS) is 11.7. The molecule has 0 saturated heterocycles. The topological polar surface area (TPSA) is 59.1 Å². The molecule has 0 aliphatic carbocycles. The summed E-state index contributed by atoms with van der Waals surface area (Å²) in [4.78, 5) is 5.66. The van der Waals surface area contributed by atoms with Crippen molar-refractivity contribution in [1.29, 1.82) is 0 Å². The van der Waals surface area contributed by atoms with E-state index in [0.29, 0.717) is 5.01 Å². The van der Waals surface area contributed by atoms with Crippen LogP contribution in [0.2, 0.25) is 0 Å². The van der Waals surface area contributed by atoms with Crippen LogP contribution < -0.4 is 5.32 Å². The van der Waals surface area contributed by atoms with Crippen LogP contribution in [0.25, 0.3) is 11.3 Å². The first-order valence-corrected chi connectivity index (χ1v) is 9.23. The van der Waals surface area contributed by atoms with Crippen molar-refractivity contribution in [2.45, 2.75) is 12.2 Å². The molecule has 0 bridgehead atoms. The maximum atomic E-state index is 11.4. The van der Waals surface area contributed by atoms with Gasteiger partial charge in [0.2, 0.25) is 0 Å². The lowest BCUT2D eigenvalue weighted by atomic mass is 10.1. The fraction of sp³-hybridized carbons (Fsp3) is 0.357. The molecule has 4 nitrogen and oxygen atoms in total. The van der Waals surface area contributed by atoms with Crippen LogP contribution in [0, 0.1) is 0 Å². The summed E-state index contributed by atoms with van der Waals surface area (Å²) in [6, 6.07) is 9.89. The Bertz CT molecular complexity index is 664. The number of benzene rings is 1. The molecule has 1 aromatic carbocycles. The van der Waals surface area contributed by atoms with Gasteiger partial charge in [-0.1, -0.05) is 30.3 Å². The lowest BCUT2D eigenvalue weighted by molar-refractivity contribution is 0.601. The van der Waals surface area contributed by atoms with Gasteiger partial charge in [-0.3, -0.25) is 0 Å². The van der Waals surface area contributed by atoms with E-state index in [9.17, 15) is 8.42 Å². The molecule has 108 valence electrons. The molecule has 2 rings (SSSR count). The van der Waals surface area contributed by atoms with E-state index in [1.807, 2.05) is 37.4 Å². The number of nitrogens with one attached hydrogen (secondary N) is 1. The van der Waals surface area contributed by atoms with Crippen molar-refractivity contribution in [3.05, 3.63) is 40.2 Å². The van der Waals surface area contributed by atoms with Gasteiger partial charge in [-0.15, -0.1) is 11.3 Å². The van der Waals surface area contributed by atoms with E-state index < -0.39 is 9.84 Å². The molecule has 0 unspecified atom stereocenters. The van der Waals surface area contributed by atoms with Crippen molar-refractivity contribution in [3.8, 4) is 11.3 Å². The summed E-state index contributed by atoms with van der Waals surface area (Å²) >= 11 is 1.49. The molecular weight excluding hydrogens is 292 g/mol. The second-order valence-electron chi connectivity index (χ2n) is 4.67. The number of rotatable bonds is 6. The molecule has 2 aromatic rings. The average molecular weight is 310 g/mol. The van der Waals surface area contributed by atoms with Crippen LogP contribution in [0.15, 0.2) is 30.3 Å². The van der Waals surface area contributed by atoms with Gasteiger partial charge >= 0.3 is 0 Å². The molecule has 0 radical (unpaired) electrons. The van der Waals surface area contributed by atoms with Gasteiger partial charge in [0.05, 0.1) is 5.69 Å². The average Bonchev–Trinajstić information content (AvgIpc) is 2.78. The first-order chi connectivity index (χ1) is 9.49. The second-order valence-corrected chi connectivity index (χ2v) is 7.98. The highest BCUT2D eigenvalue weighted by atomic mass is 32.2. The van der Waals surface area contributed by atoms with Gasteiger partial charge in [0.1, 0.15) is 10.8 Å². The Morgan fingerprint density at radius 3 is 2.55 bits per heavy atom. The molecular formula is C14H18N2O2S2. The molecule has 20 heavy (non-hydrogen) atoms. The van der Waals surface area contributed by atoms with Crippen LogP contribution in [-0.4, -0.2) is 33.2 Å². The standard InChI is InChI=1S/C14H18N2O2S2/c1-15-9-8-12-14(11-6-4-3-5-7-11)16-13(19-12)10-20(2,17)18/h3-7,15H,8-10H2,1-2H3. The minimum absolute atomic E-state index is 0.0110. The molecule has 6 heteroatoms. The zero-order chi connectivity index (χ0) is 14.6. The minimum atomic E-state index is -3.05. The number of hydrogen-bond donors (Lipinski definition) is 1. The highest BCUT2D eigenvalue weighted by Crippen LogP contribution is 2.29. The maximum absolute atomic E-state index is 11.4. The molecule has 1 N–H and O–H groups in total. The monoisotopic (exact) mass is 310 g/mol. The van der Waals surface area contributed by atoms with Crippen LogP contribution in [0.5, 0.6) is 0 Å². The first kappa shape index (κ1) is 15.2. The molecule has 0 aliphatic heterocycles. The second kappa shape index (κ2) is 6.47. The largest absolute Gasteiger partial charge is 0.319 e. The Labute approximate surface area is 123 Å². The number of nitrogens with zero attached hydrogens (tertiary/aromatic N) is 1. The molecule has 0 atom stereocenters.